The predicted octanol–water partition coefficient (Wildman–Crippen LogP) is 4.09. The summed E-state index contributed by atoms with van der Waals surface area (Å²) in [5, 5.41) is 0. The van der Waals surface area contributed by atoms with Gasteiger partial charge in [-0.2, -0.15) is 0 Å². The van der Waals surface area contributed by atoms with Crippen molar-refractivity contribution in [1.29, 1.82) is 0 Å². The van der Waals surface area contributed by atoms with Crippen LogP contribution in [0, 0.1) is 0 Å². The van der Waals surface area contributed by atoms with Crippen LogP contribution in [0.25, 0.3) is 6.08 Å². The Morgan fingerprint density at radius 1 is 1.04 bits per heavy atom. The summed E-state index contributed by atoms with van der Waals surface area (Å²) in [5.74, 6) is 1.29. The molecule has 3 rings (SSSR count). The summed E-state index contributed by atoms with van der Waals surface area (Å²) < 4.78 is 10.7. The van der Waals surface area contributed by atoms with E-state index < -0.39 is 0 Å². The largest absolute Gasteiger partial charge is 0.493 e. The van der Waals surface area contributed by atoms with Gasteiger partial charge in [0.25, 0.3) is 0 Å². The van der Waals surface area contributed by atoms with Crippen LogP contribution in [-0.4, -0.2) is 20.0 Å². The lowest BCUT2D eigenvalue weighted by Crippen LogP contribution is -1.97. The molecular formula is C20H20O3. The fraction of sp³-hybridized carbons (Fsp3) is 0.250. The van der Waals surface area contributed by atoms with E-state index in [-0.39, 0.29) is 5.78 Å². The Labute approximate surface area is 136 Å². The van der Waals surface area contributed by atoms with Crippen molar-refractivity contribution in [2.24, 2.45) is 0 Å². The van der Waals surface area contributed by atoms with Crippen molar-refractivity contribution in [3.8, 4) is 11.5 Å². The summed E-state index contributed by atoms with van der Waals surface area (Å²) in [7, 11) is 3.19. The lowest BCUT2D eigenvalue weighted by Gasteiger charge is -2.09. The molecule has 0 spiro atoms. The van der Waals surface area contributed by atoms with Crippen LogP contribution in [0.3, 0.4) is 0 Å². The molecule has 0 unspecified atom stereocenters. The van der Waals surface area contributed by atoms with Gasteiger partial charge in [0.1, 0.15) is 0 Å². The van der Waals surface area contributed by atoms with Gasteiger partial charge in [0, 0.05) is 11.1 Å². The van der Waals surface area contributed by atoms with Gasteiger partial charge in [0.2, 0.25) is 0 Å². The zero-order chi connectivity index (χ0) is 16.2. The third-order valence-electron chi connectivity index (χ3n) is 4.23. The molecule has 0 fully saturated rings. The minimum Gasteiger partial charge on any atom is -0.493 e. The highest BCUT2D eigenvalue weighted by Gasteiger charge is 2.13. The molecule has 2 aromatic rings. The van der Waals surface area contributed by atoms with Gasteiger partial charge < -0.3 is 9.47 Å². The van der Waals surface area contributed by atoms with Crippen molar-refractivity contribution < 1.29 is 14.3 Å². The van der Waals surface area contributed by atoms with Crippen LogP contribution in [-0.2, 0) is 12.8 Å². The molecule has 3 nitrogen and oxygen atoms in total. The first-order chi connectivity index (χ1) is 11.2. The van der Waals surface area contributed by atoms with E-state index in [1.54, 1.807) is 26.4 Å². The number of ketones is 1. The number of ether oxygens (including phenoxy) is 2. The number of fused-ring (bicyclic) bond motifs is 1. The van der Waals surface area contributed by atoms with Gasteiger partial charge in [-0.1, -0.05) is 24.3 Å². The average molecular weight is 308 g/mol. The molecule has 0 bridgehead atoms. The Balaban J connectivity index is 1.84. The molecule has 0 aromatic heterocycles. The summed E-state index contributed by atoms with van der Waals surface area (Å²) in [6, 6.07) is 11.6. The van der Waals surface area contributed by atoms with Gasteiger partial charge in [-0.05, 0) is 54.7 Å². The van der Waals surface area contributed by atoms with Crippen molar-refractivity contribution in [3.05, 3.63) is 64.7 Å². The molecule has 1 aliphatic carbocycles. The summed E-state index contributed by atoms with van der Waals surface area (Å²) in [4.78, 5) is 12.4. The van der Waals surface area contributed by atoms with Gasteiger partial charge in [-0.15, -0.1) is 0 Å². The maximum Gasteiger partial charge on any atom is 0.185 e. The molecule has 3 heteroatoms. The molecule has 0 N–H and O–H groups in total. The molecule has 0 atom stereocenters. The fourth-order valence-electron chi connectivity index (χ4n) is 3.03. The second-order valence-corrected chi connectivity index (χ2v) is 5.62. The molecule has 0 amide bonds. The van der Waals surface area contributed by atoms with E-state index in [1.165, 1.54) is 17.5 Å². The van der Waals surface area contributed by atoms with E-state index in [0.717, 1.165) is 24.0 Å². The van der Waals surface area contributed by atoms with E-state index in [9.17, 15) is 4.79 Å². The SMILES string of the molecule is COc1cccc(/C=C/C(=O)c2ccc3c(c2)CCC3)c1OC. The Morgan fingerprint density at radius 3 is 2.65 bits per heavy atom. The standard InChI is InChI=1S/C20H20O3/c1-22-19-8-4-6-15(20(19)23-2)11-12-18(21)17-10-9-14-5-3-7-16(14)13-17/h4,6,8-13H,3,5,7H2,1-2H3/b12-11+. The van der Waals surface area contributed by atoms with Gasteiger partial charge in [0.15, 0.2) is 17.3 Å². The number of benzene rings is 2. The number of aryl methyl sites for hydroxylation is 2. The fourth-order valence-corrected chi connectivity index (χ4v) is 3.03. The molecule has 0 aliphatic heterocycles. The second kappa shape index (κ2) is 6.69. The summed E-state index contributed by atoms with van der Waals surface area (Å²) in [6.45, 7) is 0. The lowest BCUT2D eigenvalue weighted by molar-refractivity contribution is 0.104. The summed E-state index contributed by atoms with van der Waals surface area (Å²) in [6.07, 6.45) is 6.75. The Kier molecular flexibility index (Phi) is 4.47. The van der Waals surface area contributed by atoms with Gasteiger partial charge >= 0.3 is 0 Å². The number of rotatable bonds is 5. The van der Waals surface area contributed by atoms with Crippen LogP contribution >= 0.6 is 0 Å². The van der Waals surface area contributed by atoms with Crippen LogP contribution in [0.5, 0.6) is 11.5 Å². The maximum absolute atomic E-state index is 12.4. The molecule has 0 radical (unpaired) electrons. The van der Waals surface area contributed by atoms with Crippen molar-refractivity contribution in [3.63, 3.8) is 0 Å². The zero-order valence-corrected chi connectivity index (χ0v) is 13.5. The Bertz CT molecular complexity index is 759. The lowest BCUT2D eigenvalue weighted by atomic mass is 10.0. The number of hydrogen-bond donors (Lipinski definition) is 0. The van der Waals surface area contributed by atoms with Gasteiger partial charge in [-0.25, -0.2) is 0 Å². The molecular weight excluding hydrogens is 288 g/mol. The van der Waals surface area contributed by atoms with Crippen LogP contribution < -0.4 is 9.47 Å². The maximum atomic E-state index is 12.4. The number of para-hydroxylation sites is 1. The van der Waals surface area contributed by atoms with Crippen LogP contribution in [0.2, 0.25) is 0 Å². The van der Waals surface area contributed by atoms with Crippen molar-refractivity contribution in [2.45, 2.75) is 19.3 Å². The first-order valence-electron chi connectivity index (χ1n) is 7.78. The second-order valence-electron chi connectivity index (χ2n) is 5.62. The average Bonchev–Trinajstić information content (AvgIpc) is 3.06. The topological polar surface area (TPSA) is 35.5 Å². The zero-order valence-electron chi connectivity index (χ0n) is 13.5. The molecule has 1 aliphatic rings. The highest BCUT2D eigenvalue weighted by atomic mass is 16.5. The number of carbonyl (C=O) groups is 1. The predicted molar refractivity (Wildman–Crippen MR) is 91.4 cm³/mol. The quantitative estimate of drug-likeness (QED) is 0.616. The number of methoxy groups -OCH3 is 2. The molecule has 2 aromatic carbocycles. The Morgan fingerprint density at radius 2 is 1.87 bits per heavy atom. The third-order valence-corrected chi connectivity index (χ3v) is 4.23. The number of hydrogen-bond acceptors (Lipinski definition) is 3. The third kappa shape index (κ3) is 3.14. The van der Waals surface area contributed by atoms with Crippen molar-refractivity contribution in [2.75, 3.05) is 14.2 Å². The number of allylic oxidation sites excluding steroid dienone is 1. The summed E-state index contributed by atoms with van der Waals surface area (Å²) >= 11 is 0. The van der Waals surface area contributed by atoms with Crippen LogP contribution in [0.1, 0.15) is 33.5 Å². The monoisotopic (exact) mass is 308 g/mol. The van der Waals surface area contributed by atoms with E-state index in [1.807, 2.05) is 30.3 Å². The summed E-state index contributed by atoms with van der Waals surface area (Å²) in [5.41, 5.74) is 4.24. The van der Waals surface area contributed by atoms with Crippen LogP contribution in [0.15, 0.2) is 42.5 Å². The molecule has 0 heterocycles. The molecule has 0 saturated heterocycles. The smallest absolute Gasteiger partial charge is 0.185 e. The van der Waals surface area contributed by atoms with E-state index in [4.69, 9.17) is 9.47 Å². The first kappa shape index (κ1) is 15.3. The van der Waals surface area contributed by atoms with E-state index in [2.05, 4.69) is 6.07 Å². The minimum absolute atomic E-state index is 0.00423. The molecule has 23 heavy (non-hydrogen) atoms. The molecule has 118 valence electrons. The normalized spacial score (nSPS) is 13.1. The van der Waals surface area contributed by atoms with E-state index in [0.29, 0.717) is 11.5 Å². The Hall–Kier alpha value is -2.55. The van der Waals surface area contributed by atoms with Crippen LogP contribution in [0.4, 0.5) is 0 Å². The first-order valence-corrected chi connectivity index (χ1v) is 7.78. The van der Waals surface area contributed by atoms with Crippen molar-refractivity contribution in [1.82, 2.24) is 0 Å². The van der Waals surface area contributed by atoms with Gasteiger partial charge in [-0.3, -0.25) is 4.79 Å². The highest BCUT2D eigenvalue weighted by Crippen LogP contribution is 2.31. The minimum atomic E-state index is 0.00423. The van der Waals surface area contributed by atoms with Crippen molar-refractivity contribution >= 4 is 11.9 Å². The number of carbonyl (C=O) groups excluding carboxylic acids is 1. The molecule has 0 saturated carbocycles. The van der Waals surface area contributed by atoms with Gasteiger partial charge in [0.05, 0.1) is 14.2 Å². The van der Waals surface area contributed by atoms with E-state index >= 15 is 0 Å². The highest BCUT2D eigenvalue weighted by molar-refractivity contribution is 6.07.